The Balaban J connectivity index is 1.61. The third-order valence-corrected chi connectivity index (χ3v) is 5.59. The molecule has 0 aromatic carbocycles. The highest BCUT2D eigenvalue weighted by molar-refractivity contribution is 5.92. The number of hydrazine groups is 2. The van der Waals surface area contributed by atoms with Crippen LogP contribution in [-0.4, -0.2) is 39.9 Å². The molecule has 188 valence electrons. The van der Waals surface area contributed by atoms with Crippen molar-refractivity contribution in [2.24, 2.45) is 29.1 Å². The number of hydrogen-bond acceptors (Lipinski definition) is 9. The minimum Gasteiger partial charge on any atom is -0.393 e. The first kappa shape index (κ1) is 26.9. The molecule has 11 heteroatoms. The highest BCUT2D eigenvalue weighted by atomic mass is 16.2. The average molecular weight is 474 g/mol. The minimum atomic E-state index is -0.416. The van der Waals surface area contributed by atoms with Gasteiger partial charge in [-0.15, -0.1) is 0 Å². The molecule has 1 aliphatic carbocycles. The number of amides is 2. The van der Waals surface area contributed by atoms with Gasteiger partial charge in [-0.05, 0) is 43.7 Å². The molecule has 0 radical (unpaired) electrons. The van der Waals surface area contributed by atoms with E-state index >= 15 is 0 Å². The van der Waals surface area contributed by atoms with Crippen LogP contribution < -0.4 is 33.8 Å². The SMILES string of the molecule is N/C(=C\N(N)CCCCN(N)/C=C(\N)NC(=O)CC1CCCCC1)C(=O)NCc1ccccn1. The van der Waals surface area contributed by atoms with Gasteiger partial charge < -0.3 is 32.1 Å². The monoisotopic (exact) mass is 473 g/mol. The second-order valence-corrected chi connectivity index (χ2v) is 8.61. The maximum atomic E-state index is 12.1. The lowest BCUT2D eigenvalue weighted by atomic mass is 9.87. The zero-order valence-electron chi connectivity index (χ0n) is 19.8. The summed E-state index contributed by atoms with van der Waals surface area (Å²) in [6, 6.07) is 5.46. The predicted molar refractivity (Wildman–Crippen MR) is 131 cm³/mol. The van der Waals surface area contributed by atoms with Crippen molar-refractivity contribution >= 4 is 11.8 Å². The Morgan fingerprint density at radius 2 is 1.71 bits per heavy atom. The second kappa shape index (κ2) is 14.8. The van der Waals surface area contributed by atoms with Crippen molar-refractivity contribution in [2.45, 2.75) is 57.9 Å². The summed E-state index contributed by atoms with van der Waals surface area (Å²) >= 11 is 0. The van der Waals surface area contributed by atoms with Crippen LogP contribution in [0.3, 0.4) is 0 Å². The predicted octanol–water partition coefficient (Wildman–Crippen LogP) is 0.474. The summed E-state index contributed by atoms with van der Waals surface area (Å²) in [7, 11) is 0. The van der Waals surface area contributed by atoms with E-state index in [1.165, 1.54) is 41.7 Å². The standard InChI is InChI=1S/C23H39N9O2/c24-20(23(34)29-15-19-10-4-5-11-28-19)16-31(26)12-6-7-13-32(27)17-21(25)30-22(33)14-18-8-2-1-3-9-18/h4-5,10-11,16-18H,1-3,6-9,12-15,24-27H2,(H,29,34)(H,30,33)/b20-16-,21-17+. The van der Waals surface area contributed by atoms with Gasteiger partial charge in [-0.3, -0.25) is 14.6 Å². The highest BCUT2D eigenvalue weighted by Crippen LogP contribution is 2.26. The van der Waals surface area contributed by atoms with Crippen molar-refractivity contribution in [1.82, 2.24) is 25.6 Å². The maximum absolute atomic E-state index is 12.1. The van der Waals surface area contributed by atoms with Gasteiger partial charge in [-0.25, -0.2) is 11.7 Å². The van der Waals surface area contributed by atoms with Crippen molar-refractivity contribution in [3.05, 3.63) is 54.0 Å². The van der Waals surface area contributed by atoms with Gasteiger partial charge in [-0.2, -0.15) is 0 Å². The molecule has 0 saturated heterocycles. The lowest BCUT2D eigenvalue weighted by Crippen LogP contribution is -2.35. The quantitative estimate of drug-likeness (QED) is 0.103. The minimum absolute atomic E-state index is 0.0126. The Bertz CT molecular complexity index is 823. The Kier molecular flexibility index (Phi) is 11.7. The van der Waals surface area contributed by atoms with Gasteiger partial charge in [0.15, 0.2) is 0 Å². The zero-order chi connectivity index (χ0) is 24.8. The molecule has 0 unspecified atom stereocenters. The van der Waals surface area contributed by atoms with Crippen molar-refractivity contribution in [1.29, 1.82) is 0 Å². The number of unbranched alkanes of at least 4 members (excludes halogenated alkanes) is 1. The summed E-state index contributed by atoms with van der Waals surface area (Å²) in [6.45, 7) is 1.29. The fourth-order valence-electron chi connectivity index (χ4n) is 3.81. The van der Waals surface area contributed by atoms with E-state index in [1.807, 2.05) is 12.1 Å². The molecular weight excluding hydrogens is 434 g/mol. The molecule has 0 atom stereocenters. The van der Waals surface area contributed by atoms with Crippen molar-refractivity contribution in [3.63, 3.8) is 0 Å². The van der Waals surface area contributed by atoms with E-state index in [4.69, 9.17) is 23.2 Å². The summed E-state index contributed by atoms with van der Waals surface area (Å²) in [6.07, 6.45) is 12.4. The number of carbonyl (C=O) groups excluding carboxylic acids is 2. The summed E-state index contributed by atoms with van der Waals surface area (Å²) in [5, 5.41) is 8.20. The van der Waals surface area contributed by atoms with Crippen molar-refractivity contribution in [3.8, 4) is 0 Å². The maximum Gasteiger partial charge on any atom is 0.269 e. The molecule has 1 aliphatic rings. The lowest BCUT2D eigenvalue weighted by Gasteiger charge is -2.21. The smallest absolute Gasteiger partial charge is 0.269 e. The van der Waals surface area contributed by atoms with Gasteiger partial charge >= 0.3 is 0 Å². The van der Waals surface area contributed by atoms with Gasteiger partial charge in [0.1, 0.15) is 11.5 Å². The van der Waals surface area contributed by atoms with Crippen LogP contribution in [-0.2, 0) is 16.1 Å². The molecule has 1 aromatic rings. The molecule has 11 nitrogen and oxygen atoms in total. The first-order valence-electron chi connectivity index (χ1n) is 11.8. The second-order valence-electron chi connectivity index (χ2n) is 8.61. The van der Waals surface area contributed by atoms with E-state index < -0.39 is 5.91 Å². The molecule has 1 heterocycles. The number of carbonyl (C=O) groups is 2. The number of nitrogens with one attached hydrogen (secondary N) is 2. The van der Waals surface area contributed by atoms with Gasteiger partial charge in [0.05, 0.1) is 18.4 Å². The van der Waals surface area contributed by atoms with E-state index in [0.29, 0.717) is 31.8 Å². The topological polar surface area (TPSA) is 182 Å². The molecule has 2 amide bonds. The van der Waals surface area contributed by atoms with Crippen LogP contribution in [0, 0.1) is 5.92 Å². The van der Waals surface area contributed by atoms with Crippen LogP contribution in [0.5, 0.6) is 0 Å². The molecular formula is C23H39N9O2. The third kappa shape index (κ3) is 11.0. The molecule has 0 aliphatic heterocycles. The summed E-state index contributed by atoms with van der Waals surface area (Å²) in [5.41, 5.74) is 12.5. The number of pyridine rings is 1. The molecule has 1 saturated carbocycles. The third-order valence-electron chi connectivity index (χ3n) is 5.59. The lowest BCUT2D eigenvalue weighted by molar-refractivity contribution is -0.121. The number of hydrogen-bond donors (Lipinski definition) is 6. The molecule has 2 rings (SSSR count). The van der Waals surface area contributed by atoms with Crippen LogP contribution in [0.25, 0.3) is 0 Å². The number of nitrogens with two attached hydrogens (primary N) is 4. The number of nitrogens with zero attached hydrogens (tertiary/aromatic N) is 3. The Labute approximate surface area is 201 Å². The molecule has 10 N–H and O–H groups in total. The van der Waals surface area contributed by atoms with Gasteiger partial charge in [0.2, 0.25) is 5.91 Å². The highest BCUT2D eigenvalue weighted by Gasteiger charge is 2.17. The fraction of sp³-hybridized carbons (Fsp3) is 0.522. The Morgan fingerprint density at radius 1 is 1.03 bits per heavy atom. The normalized spacial score (nSPS) is 15.0. The Hall–Kier alpha value is -3.31. The number of rotatable bonds is 13. The largest absolute Gasteiger partial charge is 0.393 e. The molecule has 0 spiro atoms. The first-order chi connectivity index (χ1) is 16.3. The molecule has 1 fully saturated rings. The van der Waals surface area contributed by atoms with Crippen molar-refractivity contribution < 1.29 is 9.59 Å². The van der Waals surface area contributed by atoms with E-state index in [1.54, 1.807) is 12.3 Å². The molecule has 0 bridgehead atoms. The molecule has 34 heavy (non-hydrogen) atoms. The van der Waals surface area contributed by atoms with E-state index in [0.717, 1.165) is 25.0 Å². The van der Waals surface area contributed by atoms with Crippen LogP contribution in [0.1, 0.15) is 57.1 Å². The number of aromatic nitrogens is 1. The zero-order valence-corrected chi connectivity index (χ0v) is 19.8. The fourth-order valence-corrected chi connectivity index (χ4v) is 3.81. The van der Waals surface area contributed by atoms with Crippen LogP contribution in [0.4, 0.5) is 0 Å². The summed E-state index contributed by atoms with van der Waals surface area (Å²) < 4.78 is 0. The van der Waals surface area contributed by atoms with E-state index in [-0.39, 0.29) is 24.0 Å². The van der Waals surface area contributed by atoms with Gasteiger partial charge in [-0.1, -0.05) is 25.3 Å². The van der Waals surface area contributed by atoms with Crippen LogP contribution >= 0.6 is 0 Å². The van der Waals surface area contributed by atoms with Crippen molar-refractivity contribution in [2.75, 3.05) is 13.1 Å². The average Bonchev–Trinajstić information content (AvgIpc) is 2.81. The Morgan fingerprint density at radius 3 is 2.35 bits per heavy atom. The van der Waals surface area contributed by atoms with Crippen LogP contribution in [0.15, 0.2) is 48.3 Å². The van der Waals surface area contributed by atoms with E-state index in [9.17, 15) is 9.59 Å². The van der Waals surface area contributed by atoms with E-state index in [2.05, 4.69) is 15.6 Å². The summed E-state index contributed by atoms with van der Waals surface area (Å²) in [4.78, 5) is 28.3. The summed E-state index contributed by atoms with van der Waals surface area (Å²) in [5.74, 6) is 12.1. The van der Waals surface area contributed by atoms with Crippen LogP contribution in [0.2, 0.25) is 0 Å². The van der Waals surface area contributed by atoms with Gasteiger partial charge in [0.25, 0.3) is 5.91 Å². The van der Waals surface area contributed by atoms with Gasteiger partial charge in [0, 0.05) is 31.9 Å². The molecule has 1 aromatic heterocycles. The first-order valence-corrected chi connectivity index (χ1v) is 11.8.